The average Bonchev–Trinajstić information content (AvgIpc) is 2.44. The lowest BCUT2D eigenvalue weighted by Crippen LogP contribution is -2.16. The Kier molecular flexibility index (Phi) is 4.30. The maximum Gasteiger partial charge on any atom is 0.259 e. The van der Waals surface area contributed by atoms with Gasteiger partial charge in [-0.15, -0.1) is 0 Å². The van der Waals surface area contributed by atoms with Crippen LogP contribution in [0.4, 0.5) is 15.8 Å². The van der Waals surface area contributed by atoms with Crippen LogP contribution in [0.5, 0.6) is 0 Å². The number of nitrogens with zero attached hydrogens (tertiary/aromatic N) is 1. The van der Waals surface area contributed by atoms with E-state index in [-0.39, 0.29) is 11.6 Å². The quantitative estimate of drug-likeness (QED) is 0.899. The van der Waals surface area contributed by atoms with Crippen LogP contribution in [0.3, 0.4) is 0 Å². The second-order valence-electron chi connectivity index (χ2n) is 4.34. The van der Waals surface area contributed by atoms with Crippen LogP contribution in [0.25, 0.3) is 0 Å². The van der Waals surface area contributed by atoms with Crippen molar-refractivity contribution in [2.75, 3.05) is 17.2 Å². The molecule has 1 heterocycles. The SMILES string of the molecule is CCNc1ccncc1C(=O)Nc1c(C)cccc1F. The predicted molar refractivity (Wildman–Crippen MR) is 77.5 cm³/mol. The molecule has 0 fully saturated rings. The van der Waals surface area contributed by atoms with Crippen molar-refractivity contribution in [1.29, 1.82) is 0 Å². The maximum absolute atomic E-state index is 13.7. The van der Waals surface area contributed by atoms with Gasteiger partial charge in [0, 0.05) is 18.9 Å². The van der Waals surface area contributed by atoms with Crippen LogP contribution < -0.4 is 10.6 Å². The number of benzene rings is 1. The normalized spacial score (nSPS) is 10.2. The van der Waals surface area contributed by atoms with Crippen LogP contribution in [0.15, 0.2) is 36.7 Å². The molecular weight excluding hydrogens is 257 g/mol. The third kappa shape index (κ3) is 2.93. The Labute approximate surface area is 117 Å². The number of para-hydroxylation sites is 1. The number of pyridine rings is 1. The second-order valence-corrected chi connectivity index (χ2v) is 4.34. The molecule has 0 aliphatic carbocycles. The Hall–Kier alpha value is -2.43. The van der Waals surface area contributed by atoms with Crippen LogP contribution >= 0.6 is 0 Å². The molecule has 2 N–H and O–H groups in total. The summed E-state index contributed by atoms with van der Waals surface area (Å²) in [6.45, 7) is 4.36. The summed E-state index contributed by atoms with van der Waals surface area (Å²) < 4.78 is 13.7. The summed E-state index contributed by atoms with van der Waals surface area (Å²) in [6, 6.07) is 6.38. The standard InChI is InChI=1S/C15H16FN3O/c1-3-18-13-7-8-17-9-11(13)15(20)19-14-10(2)5-4-6-12(14)16/h4-9H,3H2,1-2H3,(H,17,18)(H,19,20). The first-order chi connectivity index (χ1) is 9.63. The third-order valence-electron chi connectivity index (χ3n) is 2.89. The van der Waals surface area contributed by atoms with Crippen molar-refractivity contribution < 1.29 is 9.18 Å². The van der Waals surface area contributed by atoms with E-state index in [1.807, 2.05) is 6.92 Å². The molecule has 4 nitrogen and oxygen atoms in total. The van der Waals surface area contributed by atoms with E-state index < -0.39 is 5.82 Å². The molecule has 0 saturated carbocycles. The maximum atomic E-state index is 13.7. The fraction of sp³-hybridized carbons (Fsp3) is 0.200. The van der Waals surface area contributed by atoms with Gasteiger partial charge in [-0.25, -0.2) is 4.39 Å². The minimum atomic E-state index is -0.452. The summed E-state index contributed by atoms with van der Waals surface area (Å²) in [5, 5.41) is 5.68. The van der Waals surface area contributed by atoms with Gasteiger partial charge >= 0.3 is 0 Å². The summed E-state index contributed by atoms with van der Waals surface area (Å²) in [4.78, 5) is 16.2. The van der Waals surface area contributed by atoms with E-state index >= 15 is 0 Å². The molecule has 2 rings (SSSR count). The first-order valence-corrected chi connectivity index (χ1v) is 6.37. The first-order valence-electron chi connectivity index (χ1n) is 6.37. The van der Waals surface area contributed by atoms with Crippen LogP contribution in [0.2, 0.25) is 0 Å². The minimum Gasteiger partial charge on any atom is -0.385 e. The van der Waals surface area contributed by atoms with Crippen molar-refractivity contribution >= 4 is 17.3 Å². The molecule has 0 aliphatic rings. The molecule has 1 aromatic carbocycles. The van der Waals surface area contributed by atoms with E-state index in [2.05, 4.69) is 15.6 Å². The molecular formula is C15H16FN3O. The Balaban J connectivity index is 2.29. The minimum absolute atomic E-state index is 0.198. The average molecular weight is 273 g/mol. The fourth-order valence-corrected chi connectivity index (χ4v) is 1.89. The Morgan fingerprint density at radius 2 is 2.15 bits per heavy atom. The molecule has 2 aromatic rings. The van der Waals surface area contributed by atoms with Gasteiger partial charge in [0.1, 0.15) is 5.82 Å². The van der Waals surface area contributed by atoms with Gasteiger partial charge in [-0.05, 0) is 31.5 Å². The molecule has 0 aliphatic heterocycles. The molecule has 1 aromatic heterocycles. The molecule has 5 heteroatoms. The highest BCUT2D eigenvalue weighted by Crippen LogP contribution is 2.21. The summed E-state index contributed by atoms with van der Waals surface area (Å²) in [5.74, 6) is -0.838. The molecule has 104 valence electrons. The van der Waals surface area contributed by atoms with Crippen molar-refractivity contribution in [1.82, 2.24) is 4.98 Å². The lowest BCUT2D eigenvalue weighted by molar-refractivity contribution is 0.102. The van der Waals surface area contributed by atoms with Gasteiger partial charge in [0.25, 0.3) is 5.91 Å². The Morgan fingerprint density at radius 3 is 2.85 bits per heavy atom. The van der Waals surface area contributed by atoms with E-state index in [0.29, 0.717) is 23.4 Å². The zero-order chi connectivity index (χ0) is 14.5. The lowest BCUT2D eigenvalue weighted by Gasteiger charge is -2.12. The molecule has 1 amide bonds. The molecule has 0 unspecified atom stereocenters. The van der Waals surface area contributed by atoms with Crippen LogP contribution in [0.1, 0.15) is 22.8 Å². The number of aromatic nitrogens is 1. The van der Waals surface area contributed by atoms with Crippen molar-refractivity contribution in [3.05, 3.63) is 53.6 Å². The number of nitrogens with one attached hydrogen (secondary N) is 2. The van der Waals surface area contributed by atoms with Crippen LogP contribution in [-0.2, 0) is 0 Å². The van der Waals surface area contributed by atoms with Crippen molar-refractivity contribution in [2.45, 2.75) is 13.8 Å². The van der Waals surface area contributed by atoms with E-state index in [9.17, 15) is 9.18 Å². The van der Waals surface area contributed by atoms with Crippen molar-refractivity contribution in [3.8, 4) is 0 Å². The van der Waals surface area contributed by atoms with Gasteiger partial charge in [-0.1, -0.05) is 12.1 Å². The predicted octanol–water partition coefficient (Wildman–Crippen LogP) is 3.21. The topological polar surface area (TPSA) is 54.0 Å². The van der Waals surface area contributed by atoms with E-state index in [1.54, 1.807) is 31.3 Å². The molecule has 0 atom stereocenters. The van der Waals surface area contributed by atoms with Gasteiger partial charge in [-0.3, -0.25) is 9.78 Å². The highest BCUT2D eigenvalue weighted by molar-refractivity contribution is 6.08. The summed E-state index contributed by atoms with van der Waals surface area (Å²) in [7, 11) is 0. The zero-order valence-electron chi connectivity index (χ0n) is 11.4. The number of carbonyl (C=O) groups excluding carboxylic acids is 1. The van der Waals surface area contributed by atoms with Crippen LogP contribution in [0, 0.1) is 12.7 Å². The number of hydrogen-bond acceptors (Lipinski definition) is 3. The largest absolute Gasteiger partial charge is 0.385 e. The van der Waals surface area contributed by atoms with Gasteiger partial charge in [-0.2, -0.15) is 0 Å². The first kappa shape index (κ1) is 14.0. The van der Waals surface area contributed by atoms with Gasteiger partial charge in [0.05, 0.1) is 16.9 Å². The Bertz CT molecular complexity index is 608. The number of hydrogen-bond donors (Lipinski definition) is 2. The number of anilines is 2. The lowest BCUT2D eigenvalue weighted by atomic mass is 10.1. The van der Waals surface area contributed by atoms with E-state index in [4.69, 9.17) is 0 Å². The van der Waals surface area contributed by atoms with E-state index in [1.165, 1.54) is 12.3 Å². The molecule has 0 bridgehead atoms. The van der Waals surface area contributed by atoms with Crippen LogP contribution in [-0.4, -0.2) is 17.4 Å². The molecule has 0 saturated heterocycles. The number of halogens is 1. The summed E-state index contributed by atoms with van der Waals surface area (Å²) in [6.07, 6.45) is 3.06. The van der Waals surface area contributed by atoms with Gasteiger partial charge in [0.15, 0.2) is 0 Å². The second kappa shape index (κ2) is 6.14. The number of amides is 1. The number of rotatable bonds is 4. The Morgan fingerprint density at radius 1 is 1.35 bits per heavy atom. The fourth-order valence-electron chi connectivity index (χ4n) is 1.89. The molecule has 0 spiro atoms. The third-order valence-corrected chi connectivity index (χ3v) is 2.89. The molecule has 0 radical (unpaired) electrons. The van der Waals surface area contributed by atoms with Crippen molar-refractivity contribution in [2.24, 2.45) is 0 Å². The van der Waals surface area contributed by atoms with Crippen molar-refractivity contribution in [3.63, 3.8) is 0 Å². The highest BCUT2D eigenvalue weighted by Gasteiger charge is 2.14. The van der Waals surface area contributed by atoms with Gasteiger partial charge in [0.2, 0.25) is 0 Å². The highest BCUT2D eigenvalue weighted by atomic mass is 19.1. The van der Waals surface area contributed by atoms with Gasteiger partial charge < -0.3 is 10.6 Å². The number of carbonyl (C=O) groups is 1. The molecule has 20 heavy (non-hydrogen) atoms. The monoisotopic (exact) mass is 273 g/mol. The zero-order valence-corrected chi connectivity index (χ0v) is 11.4. The summed E-state index contributed by atoms with van der Waals surface area (Å²) >= 11 is 0. The summed E-state index contributed by atoms with van der Waals surface area (Å²) in [5.41, 5.74) is 1.93. The number of aryl methyl sites for hydroxylation is 1. The smallest absolute Gasteiger partial charge is 0.259 e. The van der Waals surface area contributed by atoms with E-state index in [0.717, 1.165) is 0 Å².